The van der Waals surface area contributed by atoms with Gasteiger partial charge in [0.2, 0.25) is 0 Å². The van der Waals surface area contributed by atoms with Crippen LogP contribution in [-0.4, -0.2) is 22.7 Å². The molecule has 0 aliphatic heterocycles. The summed E-state index contributed by atoms with van der Waals surface area (Å²) in [5, 5.41) is 16.7. The van der Waals surface area contributed by atoms with Crippen molar-refractivity contribution in [1.29, 1.82) is 0 Å². The van der Waals surface area contributed by atoms with Gasteiger partial charge in [-0.05, 0) is 18.4 Å². The zero-order valence-electron chi connectivity index (χ0n) is 8.19. The average molecular weight is 217 g/mol. The minimum Gasteiger partial charge on any atom is -0.396 e. The van der Waals surface area contributed by atoms with Gasteiger partial charge in [-0.1, -0.05) is 30.3 Å². The summed E-state index contributed by atoms with van der Waals surface area (Å²) in [6.07, 6.45) is 1.77. The van der Waals surface area contributed by atoms with Crippen LogP contribution >= 0.6 is 11.6 Å². The number of halogens is 1. The lowest BCUT2D eigenvalue weighted by atomic mass is 10.2. The Morgan fingerprint density at radius 3 is 1.93 bits per heavy atom. The molecule has 80 valence electrons. The molecular formula is C11H17ClO2. The van der Waals surface area contributed by atoms with Gasteiger partial charge >= 0.3 is 0 Å². The second-order valence-electron chi connectivity index (χ2n) is 2.76. The van der Waals surface area contributed by atoms with E-state index in [2.05, 4.69) is 0 Å². The van der Waals surface area contributed by atoms with Crippen LogP contribution in [0.1, 0.15) is 18.4 Å². The van der Waals surface area contributed by atoms with Crippen molar-refractivity contribution < 1.29 is 10.2 Å². The zero-order chi connectivity index (χ0) is 10.6. The SMILES string of the molecule is OCCCCCl.OCc1ccccc1. The first-order valence-electron chi connectivity index (χ1n) is 4.66. The minimum absolute atomic E-state index is 0.140. The summed E-state index contributed by atoms with van der Waals surface area (Å²) in [5.74, 6) is 0.667. The van der Waals surface area contributed by atoms with E-state index in [1.807, 2.05) is 30.3 Å². The Labute approximate surface area is 90.2 Å². The Balaban J connectivity index is 0.000000255. The largest absolute Gasteiger partial charge is 0.396 e. The normalized spacial score (nSPS) is 9.07. The molecule has 0 aliphatic carbocycles. The zero-order valence-corrected chi connectivity index (χ0v) is 8.95. The molecule has 0 heterocycles. The van der Waals surface area contributed by atoms with Crippen molar-refractivity contribution >= 4 is 11.6 Å². The lowest BCUT2D eigenvalue weighted by Gasteiger charge is -1.89. The van der Waals surface area contributed by atoms with Gasteiger partial charge in [0, 0.05) is 12.5 Å². The van der Waals surface area contributed by atoms with Crippen molar-refractivity contribution in [1.82, 2.24) is 0 Å². The number of rotatable bonds is 4. The number of hydrogen-bond acceptors (Lipinski definition) is 2. The van der Waals surface area contributed by atoms with E-state index in [0.717, 1.165) is 18.4 Å². The fraction of sp³-hybridized carbons (Fsp3) is 0.455. The molecule has 1 rings (SSSR count). The molecule has 3 heteroatoms. The summed E-state index contributed by atoms with van der Waals surface area (Å²) in [7, 11) is 0. The smallest absolute Gasteiger partial charge is 0.0681 e. The molecule has 0 saturated carbocycles. The molecular weight excluding hydrogens is 200 g/mol. The summed E-state index contributed by atoms with van der Waals surface area (Å²) in [6.45, 7) is 0.410. The molecule has 0 atom stereocenters. The van der Waals surface area contributed by atoms with Crippen LogP contribution < -0.4 is 0 Å². The summed E-state index contributed by atoms with van der Waals surface area (Å²) in [5.41, 5.74) is 0.965. The summed E-state index contributed by atoms with van der Waals surface area (Å²) in [6, 6.07) is 9.52. The molecule has 0 unspecified atom stereocenters. The van der Waals surface area contributed by atoms with E-state index in [-0.39, 0.29) is 13.2 Å². The van der Waals surface area contributed by atoms with Crippen molar-refractivity contribution in [2.75, 3.05) is 12.5 Å². The van der Waals surface area contributed by atoms with E-state index < -0.39 is 0 Å². The lowest BCUT2D eigenvalue weighted by Crippen LogP contribution is -1.81. The van der Waals surface area contributed by atoms with Crippen molar-refractivity contribution in [3.8, 4) is 0 Å². The van der Waals surface area contributed by atoms with Gasteiger partial charge in [0.25, 0.3) is 0 Å². The third-order valence-electron chi connectivity index (χ3n) is 1.57. The van der Waals surface area contributed by atoms with E-state index >= 15 is 0 Å². The highest BCUT2D eigenvalue weighted by atomic mass is 35.5. The highest BCUT2D eigenvalue weighted by molar-refractivity contribution is 6.17. The maximum Gasteiger partial charge on any atom is 0.0681 e. The second kappa shape index (κ2) is 10.5. The molecule has 2 N–H and O–H groups in total. The molecule has 0 fully saturated rings. The minimum atomic E-state index is 0.140. The number of hydrogen-bond donors (Lipinski definition) is 2. The van der Waals surface area contributed by atoms with Crippen molar-refractivity contribution in [2.45, 2.75) is 19.4 Å². The first-order valence-corrected chi connectivity index (χ1v) is 5.20. The monoisotopic (exact) mass is 216 g/mol. The Kier molecular flexibility index (Phi) is 10.1. The lowest BCUT2D eigenvalue weighted by molar-refractivity contribution is 0.282. The number of unbranched alkanes of at least 4 members (excludes halogenated alkanes) is 1. The predicted octanol–water partition coefficient (Wildman–Crippen LogP) is 2.18. The van der Waals surface area contributed by atoms with Crippen LogP contribution in [0.2, 0.25) is 0 Å². The molecule has 1 aromatic carbocycles. The molecule has 0 aliphatic rings. The van der Waals surface area contributed by atoms with Crippen molar-refractivity contribution in [3.05, 3.63) is 35.9 Å². The highest BCUT2D eigenvalue weighted by Crippen LogP contribution is 1.95. The van der Waals surface area contributed by atoms with Crippen LogP contribution in [0.5, 0.6) is 0 Å². The molecule has 1 aromatic rings. The van der Waals surface area contributed by atoms with Crippen LogP contribution in [-0.2, 0) is 6.61 Å². The number of alkyl halides is 1. The van der Waals surface area contributed by atoms with E-state index in [1.54, 1.807) is 0 Å². The Morgan fingerprint density at radius 1 is 1.00 bits per heavy atom. The topological polar surface area (TPSA) is 40.5 Å². The number of aliphatic hydroxyl groups is 2. The second-order valence-corrected chi connectivity index (χ2v) is 3.14. The fourth-order valence-electron chi connectivity index (χ4n) is 0.790. The molecule has 0 bridgehead atoms. The van der Waals surface area contributed by atoms with Gasteiger partial charge in [-0.3, -0.25) is 0 Å². The number of benzene rings is 1. The van der Waals surface area contributed by atoms with Gasteiger partial charge in [0.1, 0.15) is 0 Å². The molecule has 14 heavy (non-hydrogen) atoms. The first-order chi connectivity index (χ1) is 6.85. The van der Waals surface area contributed by atoms with Crippen molar-refractivity contribution in [3.63, 3.8) is 0 Å². The number of aliphatic hydroxyl groups excluding tert-OH is 2. The average Bonchev–Trinajstić information content (AvgIpc) is 2.28. The van der Waals surface area contributed by atoms with E-state index in [1.165, 1.54) is 0 Å². The maximum absolute atomic E-state index is 8.54. The first kappa shape index (κ1) is 13.4. The molecule has 0 amide bonds. The van der Waals surface area contributed by atoms with Gasteiger partial charge in [0.05, 0.1) is 6.61 Å². The molecule has 0 spiro atoms. The van der Waals surface area contributed by atoms with Crippen LogP contribution in [0.4, 0.5) is 0 Å². The molecule has 2 nitrogen and oxygen atoms in total. The van der Waals surface area contributed by atoms with Crippen molar-refractivity contribution in [2.24, 2.45) is 0 Å². The highest BCUT2D eigenvalue weighted by Gasteiger charge is 1.81. The van der Waals surface area contributed by atoms with E-state index in [0.29, 0.717) is 5.88 Å². The van der Waals surface area contributed by atoms with Gasteiger partial charge in [-0.25, -0.2) is 0 Å². The third kappa shape index (κ3) is 8.05. The molecule has 0 saturated heterocycles. The summed E-state index contributed by atoms with van der Waals surface area (Å²) < 4.78 is 0. The fourth-order valence-corrected chi connectivity index (χ4v) is 0.979. The summed E-state index contributed by atoms with van der Waals surface area (Å²) >= 11 is 5.27. The van der Waals surface area contributed by atoms with Gasteiger partial charge in [0.15, 0.2) is 0 Å². The van der Waals surface area contributed by atoms with Crippen LogP contribution in [0.25, 0.3) is 0 Å². The predicted molar refractivity (Wildman–Crippen MR) is 59.4 cm³/mol. The molecule has 0 aromatic heterocycles. The van der Waals surface area contributed by atoms with Crippen LogP contribution in [0, 0.1) is 0 Å². The van der Waals surface area contributed by atoms with Crippen LogP contribution in [0.15, 0.2) is 30.3 Å². The van der Waals surface area contributed by atoms with Gasteiger partial charge < -0.3 is 10.2 Å². The van der Waals surface area contributed by atoms with E-state index in [4.69, 9.17) is 21.8 Å². The van der Waals surface area contributed by atoms with Gasteiger partial charge in [-0.15, -0.1) is 11.6 Å². The van der Waals surface area contributed by atoms with E-state index in [9.17, 15) is 0 Å². The Hall–Kier alpha value is -0.570. The maximum atomic E-state index is 8.54. The standard InChI is InChI=1S/C7H8O.C4H9ClO/c8-6-7-4-2-1-3-5-7;5-3-1-2-4-6/h1-5,8H,6H2;6H,1-4H2. The van der Waals surface area contributed by atoms with Crippen LogP contribution in [0.3, 0.4) is 0 Å². The molecule has 0 radical (unpaired) electrons. The quantitative estimate of drug-likeness (QED) is 0.598. The summed E-state index contributed by atoms with van der Waals surface area (Å²) in [4.78, 5) is 0. The Bertz CT molecular complexity index is 198. The Morgan fingerprint density at radius 2 is 1.64 bits per heavy atom. The van der Waals surface area contributed by atoms with Gasteiger partial charge in [-0.2, -0.15) is 0 Å². The third-order valence-corrected chi connectivity index (χ3v) is 1.83.